The molecule has 0 saturated carbocycles. The lowest BCUT2D eigenvalue weighted by Crippen LogP contribution is -2.41. The first kappa shape index (κ1) is 28.2. The van der Waals surface area contributed by atoms with Gasteiger partial charge in [0.25, 0.3) is 5.56 Å². The molecule has 0 aliphatic carbocycles. The summed E-state index contributed by atoms with van der Waals surface area (Å²) in [6.07, 6.45) is 4.99. The molecule has 1 aromatic carbocycles. The molecule has 1 saturated heterocycles. The highest BCUT2D eigenvalue weighted by Gasteiger charge is 2.21. The first-order valence-corrected chi connectivity index (χ1v) is 14.9. The third kappa shape index (κ3) is 6.60. The number of ether oxygens (including phenoxy) is 2. The number of sulfonamides is 1. The highest BCUT2D eigenvalue weighted by molar-refractivity contribution is 7.89. The lowest BCUT2D eigenvalue weighted by Gasteiger charge is -2.26. The Morgan fingerprint density at radius 1 is 1.16 bits per heavy atom. The van der Waals surface area contributed by atoms with Crippen molar-refractivity contribution in [1.82, 2.24) is 29.2 Å². The minimum Gasteiger partial charge on any atom is -0.493 e. The summed E-state index contributed by atoms with van der Waals surface area (Å²) in [5.41, 5.74) is 1.07. The van der Waals surface area contributed by atoms with E-state index >= 15 is 0 Å². The van der Waals surface area contributed by atoms with Crippen LogP contribution < -0.4 is 15.0 Å². The normalized spacial score (nSPS) is 14.8. The van der Waals surface area contributed by atoms with Crippen LogP contribution in [0.4, 0.5) is 0 Å². The molecule has 38 heavy (non-hydrogen) atoms. The van der Waals surface area contributed by atoms with E-state index in [0.717, 1.165) is 38.8 Å². The van der Waals surface area contributed by atoms with E-state index in [-0.39, 0.29) is 22.8 Å². The number of imidazole rings is 1. The van der Waals surface area contributed by atoms with E-state index in [0.29, 0.717) is 61.1 Å². The summed E-state index contributed by atoms with van der Waals surface area (Å²) < 4.78 is 41.7. The summed E-state index contributed by atoms with van der Waals surface area (Å²) in [5, 5.41) is 4.70. The second-order valence-electron chi connectivity index (χ2n) is 9.43. The van der Waals surface area contributed by atoms with Crippen molar-refractivity contribution in [1.29, 1.82) is 0 Å². The fourth-order valence-electron chi connectivity index (χ4n) is 4.62. The zero-order valence-electron chi connectivity index (χ0n) is 22.5. The summed E-state index contributed by atoms with van der Waals surface area (Å²) >= 11 is 0. The zero-order valence-corrected chi connectivity index (χ0v) is 23.3. The number of fused-ring (bicyclic) bond motifs is 1. The molecule has 11 nitrogen and oxygen atoms in total. The van der Waals surface area contributed by atoms with E-state index in [9.17, 15) is 13.2 Å². The molecule has 2 aromatic heterocycles. The summed E-state index contributed by atoms with van der Waals surface area (Å²) in [6, 6.07) is 4.60. The standard InChI is InChI=1S/C26H38N6O5S/c1-4-6-7-8-9-23-28-19(3)24-26(33)29-25(30-32(23)24)21-18-20(10-11-22(21)37-5-2)38(34,35)27-12-13-31-14-16-36-17-15-31/h10-11,18,27H,4-9,12-17H2,1-3H3,(H,29,30,33). The zero-order chi connectivity index (χ0) is 27.1. The van der Waals surface area contributed by atoms with Gasteiger partial charge in [0, 0.05) is 32.6 Å². The molecule has 2 N–H and O–H groups in total. The number of hydrogen-bond donors (Lipinski definition) is 2. The van der Waals surface area contributed by atoms with Crippen LogP contribution in [0, 0.1) is 6.92 Å². The van der Waals surface area contributed by atoms with Crippen molar-refractivity contribution in [2.45, 2.75) is 57.8 Å². The monoisotopic (exact) mass is 546 g/mol. The van der Waals surface area contributed by atoms with Gasteiger partial charge in [-0.05, 0) is 38.5 Å². The quantitative estimate of drug-likeness (QED) is 0.313. The summed E-state index contributed by atoms with van der Waals surface area (Å²) in [6.45, 7) is 9.92. The Morgan fingerprint density at radius 3 is 2.68 bits per heavy atom. The average Bonchev–Trinajstić information content (AvgIpc) is 3.23. The van der Waals surface area contributed by atoms with Gasteiger partial charge in [-0.1, -0.05) is 26.2 Å². The van der Waals surface area contributed by atoms with Gasteiger partial charge in [0.15, 0.2) is 11.3 Å². The number of nitrogens with zero attached hydrogens (tertiary/aromatic N) is 4. The molecule has 12 heteroatoms. The van der Waals surface area contributed by atoms with Crippen LogP contribution >= 0.6 is 0 Å². The predicted molar refractivity (Wildman–Crippen MR) is 145 cm³/mol. The molecule has 3 aromatic rings. The van der Waals surface area contributed by atoms with Crippen molar-refractivity contribution in [3.63, 3.8) is 0 Å². The van der Waals surface area contributed by atoms with Gasteiger partial charge >= 0.3 is 0 Å². The van der Waals surface area contributed by atoms with Crippen molar-refractivity contribution >= 4 is 15.5 Å². The van der Waals surface area contributed by atoms with E-state index in [4.69, 9.17) is 14.6 Å². The number of aromatic amines is 1. The maximum atomic E-state index is 13.1. The molecule has 0 spiro atoms. The number of hydrogen-bond acceptors (Lipinski definition) is 8. The smallest absolute Gasteiger partial charge is 0.277 e. The van der Waals surface area contributed by atoms with Crippen molar-refractivity contribution in [2.75, 3.05) is 46.0 Å². The molecule has 208 valence electrons. The van der Waals surface area contributed by atoms with E-state index in [1.165, 1.54) is 12.1 Å². The minimum absolute atomic E-state index is 0.0716. The average molecular weight is 547 g/mol. The highest BCUT2D eigenvalue weighted by atomic mass is 32.2. The number of aryl methyl sites for hydroxylation is 2. The van der Waals surface area contributed by atoms with E-state index in [1.807, 2.05) is 6.92 Å². The van der Waals surface area contributed by atoms with Crippen LogP contribution in [0.2, 0.25) is 0 Å². The number of morpholine rings is 1. The van der Waals surface area contributed by atoms with Gasteiger partial charge in [-0.3, -0.25) is 9.69 Å². The fourth-order valence-corrected chi connectivity index (χ4v) is 5.66. The number of rotatable bonds is 13. The van der Waals surface area contributed by atoms with Crippen molar-refractivity contribution < 1.29 is 17.9 Å². The van der Waals surface area contributed by atoms with Crippen LogP contribution in [0.1, 0.15) is 51.0 Å². The molecule has 0 unspecified atom stereocenters. The van der Waals surface area contributed by atoms with Crippen molar-refractivity contribution in [2.24, 2.45) is 0 Å². The van der Waals surface area contributed by atoms with E-state index in [1.54, 1.807) is 17.5 Å². The summed E-state index contributed by atoms with van der Waals surface area (Å²) in [4.78, 5) is 22.7. The van der Waals surface area contributed by atoms with Gasteiger partial charge in [-0.2, -0.15) is 0 Å². The largest absolute Gasteiger partial charge is 0.493 e. The predicted octanol–water partition coefficient (Wildman–Crippen LogP) is 2.53. The maximum absolute atomic E-state index is 13.1. The van der Waals surface area contributed by atoms with Gasteiger partial charge in [-0.15, -0.1) is 5.10 Å². The molecule has 0 bridgehead atoms. The number of unbranched alkanes of at least 4 members (excludes halogenated alkanes) is 3. The third-order valence-corrected chi connectivity index (χ3v) is 8.10. The first-order chi connectivity index (χ1) is 18.3. The van der Waals surface area contributed by atoms with Gasteiger partial charge in [0.2, 0.25) is 10.0 Å². The Labute approximate surface area is 223 Å². The fraction of sp³-hybridized carbons (Fsp3) is 0.577. The van der Waals surface area contributed by atoms with Gasteiger partial charge < -0.3 is 14.5 Å². The van der Waals surface area contributed by atoms with Crippen LogP contribution in [0.15, 0.2) is 27.9 Å². The Hall–Kier alpha value is -2.80. The molecule has 0 amide bonds. The molecule has 0 radical (unpaired) electrons. The lowest BCUT2D eigenvalue weighted by atomic mass is 10.1. The third-order valence-electron chi connectivity index (χ3n) is 6.64. The number of H-pyrrole nitrogens is 1. The molecule has 0 atom stereocenters. The minimum atomic E-state index is -3.80. The number of benzene rings is 1. The Kier molecular flexibility index (Phi) is 9.53. The van der Waals surface area contributed by atoms with Crippen LogP contribution in [-0.2, 0) is 21.2 Å². The molecule has 1 fully saturated rings. The Morgan fingerprint density at radius 2 is 1.95 bits per heavy atom. The van der Waals surface area contributed by atoms with Crippen LogP contribution in [-0.4, -0.2) is 78.9 Å². The summed E-state index contributed by atoms with van der Waals surface area (Å²) in [7, 11) is -3.80. The van der Waals surface area contributed by atoms with Gasteiger partial charge in [-0.25, -0.2) is 22.6 Å². The molecule has 1 aliphatic heterocycles. The molecule has 4 rings (SSSR count). The van der Waals surface area contributed by atoms with Crippen LogP contribution in [0.25, 0.3) is 16.9 Å². The Bertz CT molecular complexity index is 1400. The maximum Gasteiger partial charge on any atom is 0.277 e. The second-order valence-corrected chi connectivity index (χ2v) is 11.2. The molecular formula is C26H38N6O5S. The number of nitrogens with one attached hydrogen (secondary N) is 2. The topological polar surface area (TPSA) is 131 Å². The SMILES string of the molecule is CCCCCCc1nc(C)c2c(=O)[nH]c(-c3cc(S(=O)(=O)NCCN4CCOCC4)ccc3OCC)nn12. The van der Waals surface area contributed by atoms with Crippen LogP contribution in [0.3, 0.4) is 0 Å². The lowest BCUT2D eigenvalue weighted by molar-refractivity contribution is 0.0390. The van der Waals surface area contributed by atoms with Crippen molar-refractivity contribution in [3.05, 3.63) is 40.1 Å². The van der Waals surface area contributed by atoms with E-state index < -0.39 is 10.0 Å². The number of aromatic nitrogens is 4. The van der Waals surface area contributed by atoms with Gasteiger partial charge in [0.05, 0.1) is 36.0 Å². The highest BCUT2D eigenvalue weighted by Crippen LogP contribution is 2.30. The second kappa shape index (κ2) is 12.8. The molecule has 1 aliphatic rings. The molecule has 3 heterocycles. The summed E-state index contributed by atoms with van der Waals surface area (Å²) in [5.74, 6) is 1.37. The first-order valence-electron chi connectivity index (χ1n) is 13.4. The van der Waals surface area contributed by atoms with E-state index in [2.05, 4.69) is 26.5 Å². The van der Waals surface area contributed by atoms with Gasteiger partial charge in [0.1, 0.15) is 11.6 Å². The Balaban J connectivity index is 1.65. The van der Waals surface area contributed by atoms with Crippen LogP contribution in [0.5, 0.6) is 5.75 Å². The van der Waals surface area contributed by atoms with Crippen molar-refractivity contribution in [3.8, 4) is 17.1 Å². The molecular weight excluding hydrogens is 508 g/mol.